The number of ether oxygens (including phenoxy) is 2. The van der Waals surface area contributed by atoms with E-state index in [9.17, 15) is 9.36 Å². The summed E-state index contributed by atoms with van der Waals surface area (Å²) in [6.45, 7) is 2.51. The average molecular weight is 438 g/mol. The van der Waals surface area contributed by atoms with Crippen LogP contribution in [0.4, 0.5) is 5.82 Å². The highest BCUT2D eigenvalue weighted by Crippen LogP contribution is 2.44. The lowest BCUT2D eigenvalue weighted by molar-refractivity contribution is 0.141. The minimum Gasteiger partial charge on any atom is -0.461 e. The molecule has 2 heterocycles. The van der Waals surface area contributed by atoms with Crippen LogP contribution < -0.4 is 27.4 Å². The molecule has 0 radical (unpaired) electrons. The summed E-state index contributed by atoms with van der Waals surface area (Å²) >= 11 is 0. The van der Waals surface area contributed by atoms with Crippen LogP contribution in [0.25, 0.3) is 11.2 Å². The number of hydrogen-bond donors (Lipinski definition) is 3. The third-order valence-corrected chi connectivity index (χ3v) is 5.94. The van der Waals surface area contributed by atoms with E-state index in [4.69, 9.17) is 25.6 Å². The predicted octanol–water partition coefficient (Wildman–Crippen LogP) is 0.521. The number of nitrogens with zero attached hydrogens (tertiary/aromatic N) is 3. The van der Waals surface area contributed by atoms with Crippen molar-refractivity contribution in [3.8, 4) is 6.01 Å². The maximum Gasteiger partial charge on any atom is 0.377 e. The molecule has 0 bridgehead atoms. The Balaban J connectivity index is 1.98. The van der Waals surface area contributed by atoms with Crippen molar-refractivity contribution in [2.75, 3.05) is 32.7 Å². The largest absolute Gasteiger partial charge is 0.461 e. The number of imidazole rings is 1. The van der Waals surface area contributed by atoms with Crippen molar-refractivity contribution < 1.29 is 23.2 Å². The molecule has 0 aliphatic rings. The molecule has 0 saturated heterocycles. The zero-order valence-corrected chi connectivity index (χ0v) is 17.4. The maximum absolute atomic E-state index is 12.7. The average Bonchev–Trinajstić information content (AvgIpc) is 3.05. The molecule has 162 valence electrons. The Morgan fingerprint density at radius 2 is 2.07 bits per heavy atom. The molecule has 12 nitrogen and oxygen atoms in total. The van der Waals surface area contributed by atoms with Gasteiger partial charge in [0.1, 0.15) is 12.1 Å². The van der Waals surface area contributed by atoms with E-state index in [1.54, 1.807) is 38.3 Å². The van der Waals surface area contributed by atoms with E-state index in [-0.39, 0.29) is 42.5 Å². The van der Waals surface area contributed by atoms with Crippen LogP contribution >= 0.6 is 7.60 Å². The lowest BCUT2D eigenvalue weighted by atomic mass is 10.2. The van der Waals surface area contributed by atoms with E-state index in [1.165, 1.54) is 4.57 Å². The zero-order chi connectivity index (χ0) is 21.7. The molecule has 0 spiro atoms. The number of aromatic amines is 1. The zero-order valence-electron chi connectivity index (χ0n) is 16.5. The van der Waals surface area contributed by atoms with Crippen LogP contribution in [-0.4, -0.2) is 46.4 Å². The fourth-order valence-corrected chi connectivity index (χ4v) is 4.07. The maximum atomic E-state index is 12.7. The molecule has 3 aromatic rings. The van der Waals surface area contributed by atoms with E-state index < -0.39 is 13.3 Å². The second kappa shape index (κ2) is 9.37. The molecule has 0 fully saturated rings. The summed E-state index contributed by atoms with van der Waals surface area (Å²) in [5, 5.41) is 0.273. The van der Waals surface area contributed by atoms with Gasteiger partial charge in [-0.25, -0.2) is 15.3 Å². The van der Waals surface area contributed by atoms with E-state index in [1.807, 2.05) is 0 Å². The smallest absolute Gasteiger partial charge is 0.377 e. The van der Waals surface area contributed by atoms with Crippen molar-refractivity contribution in [3.63, 3.8) is 0 Å². The minimum atomic E-state index is -3.66. The van der Waals surface area contributed by atoms with Crippen molar-refractivity contribution in [3.05, 3.63) is 40.3 Å². The quantitative estimate of drug-likeness (QED) is 0.230. The molecular weight excluding hydrogens is 415 g/mol. The van der Waals surface area contributed by atoms with Gasteiger partial charge in [0.05, 0.1) is 25.1 Å². The van der Waals surface area contributed by atoms with Crippen LogP contribution in [-0.2, 0) is 25.0 Å². The number of nitrogen functional groups attached to an aromatic ring is 1. The number of hydrogen-bond acceptors (Lipinski definition) is 10. The number of aromatic nitrogens is 4. The third kappa shape index (κ3) is 4.53. The Kier molecular flexibility index (Phi) is 6.85. The van der Waals surface area contributed by atoms with Crippen molar-refractivity contribution in [2.24, 2.45) is 5.90 Å². The SMILES string of the molecule is CCO[P@@](=O)(ON)c1cccc(Cn2c(=O)[nH]c3c(N)nc(OCCOC)nc32)c1. The fraction of sp³-hybridized carbons (Fsp3) is 0.353. The Labute approximate surface area is 171 Å². The van der Waals surface area contributed by atoms with E-state index in [0.717, 1.165) is 0 Å². The van der Waals surface area contributed by atoms with E-state index in [2.05, 4.69) is 19.6 Å². The molecule has 0 saturated carbocycles. The molecule has 1 atom stereocenters. The summed E-state index contributed by atoms with van der Waals surface area (Å²) in [6.07, 6.45) is 0. The molecule has 5 N–H and O–H groups in total. The number of benzene rings is 1. The summed E-state index contributed by atoms with van der Waals surface area (Å²) in [5.74, 6) is 5.27. The first kappa shape index (κ1) is 21.9. The summed E-state index contributed by atoms with van der Waals surface area (Å²) in [5.41, 5.74) is 6.71. The van der Waals surface area contributed by atoms with Gasteiger partial charge < -0.3 is 24.7 Å². The summed E-state index contributed by atoms with van der Waals surface area (Å²) in [7, 11) is -2.11. The van der Waals surface area contributed by atoms with Gasteiger partial charge in [-0.15, -0.1) is 0 Å². The van der Waals surface area contributed by atoms with Crippen LogP contribution in [0, 0.1) is 0 Å². The number of anilines is 1. The van der Waals surface area contributed by atoms with Gasteiger partial charge in [-0.1, -0.05) is 12.1 Å². The standard InChI is InChI=1S/C17H23N6O6P/c1-3-28-30(25,29-19)12-6-4-5-11(9-12)10-23-15-13(20-17(23)24)14(18)21-16(22-15)27-8-7-26-2/h4-6,9H,3,7-8,10,19H2,1-2H3,(H,20,24)(H2,18,21,22)/t30-/m1/s1. The van der Waals surface area contributed by atoms with Crippen molar-refractivity contribution in [1.82, 2.24) is 19.5 Å². The molecule has 30 heavy (non-hydrogen) atoms. The topological polar surface area (TPSA) is 170 Å². The van der Waals surface area contributed by atoms with E-state index >= 15 is 0 Å². The fourth-order valence-electron chi connectivity index (χ4n) is 2.80. The molecule has 3 rings (SSSR count). The van der Waals surface area contributed by atoms with Gasteiger partial charge >= 0.3 is 19.3 Å². The number of fused-ring (bicyclic) bond motifs is 1. The van der Waals surface area contributed by atoms with Gasteiger partial charge in [-0.05, 0) is 24.6 Å². The molecule has 2 aromatic heterocycles. The number of nitrogens with one attached hydrogen (secondary N) is 1. The molecule has 0 aliphatic heterocycles. The van der Waals surface area contributed by atoms with Crippen LogP contribution in [0.2, 0.25) is 0 Å². The lowest BCUT2D eigenvalue weighted by Gasteiger charge is -2.15. The Bertz CT molecular complexity index is 1130. The Morgan fingerprint density at radius 1 is 1.27 bits per heavy atom. The summed E-state index contributed by atoms with van der Waals surface area (Å²) in [6, 6.07) is 6.61. The lowest BCUT2D eigenvalue weighted by Crippen LogP contribution is -2.19. The highest BCUT2D eigenvalue weighted by Gasteiger charge is 2.26. The highest BCUT2D eigenvalue weighted by atomic mass is 31.2. The Hall–Kier alpha value is -2.76. The highest BCUT2D eigenvalue weighted by molar-refractivity contribution is 7.62. The predicted molar refractivity (Wildman–Crippen MR) is 110 cm³/mol. The second-order valence-corrected chi connectivity index (χ2v) is 8.12. The number of methoxy groups -OCH3 is 1. The summed E-state index contributed by atoms with van der Waals surface area (Å²) in [4.78, 5) is 23.5. The summed E-state index contributed by atoms with van der Waals surface area (Å²) < 4.78 is 34.3. The van der Waals surface area contributed by atoms with Gasteiger partial charge in [-0.3, -0.25) is 9.13 Å². The normalized spacial score (nSPS) is 13.4. The van der Waals surface area contributed by atoms with Gasteiger partial charge in [0.2, 0.25) is 0 Å². The molecule has 0 aliphatic carbocycles. The van der Waals surface area contributed by atoms with Crippen LogP contribution in [0.5, 0.6) is 6.01 Å². The second-order valence-electron chi connectivity index (χ2n) is 6.14. The van der Waals surface area contributed by atoms with Gasteiger partial charge in [-0.2, -0.15) is 9.97 Å². The van der Waals surface area contributed by atoms with Gasteiger partial charge in [0.25, 0.3) is 0 Å². The first-order valence-electron chi connectivity index (χ1n) is 9.02. The number of nitrogens with two attached hydrogens (primary N) is 2. The van der Waals surface area contributed by atoms with Crippen molar-refractivity contribution in [1.29, 1.82) is 0 Å². The molecule has 0 amide bonds. The van der Waals surface area contributed by atoms with Crippen LogP contribution in [0.15, 0.2) is 29.1 Å². The van der Waals surface area contributed by atoms with Crippen molar-refractivity contribution in [2.45, 2.75) is 13.5 Å². The Morgan fingerprint density at radius 3 is 2.77 bits per heavy atom. The van der Waals surface area contributed by atoms with Gasteiger partial charge in [0.15, 0.2) is 11.5 Å². The first-order chi connectivity index (χ1) is 14.4. The van der Waals surface area contributed by atoms with Crippen LogP contribution in [0.3, 0.4) is 0 Å². The number of rotatable bonds is 10. The van der Waals surface area contributed by atoms with Crippen molar-refractivity contribution >= 4 is 29.9 Å². The molecule has 0 unspecified atom stereocenters. The third-order valence-electron chi connectivity index (χ3n) is 4.15. The number of H-pyrrole nitrogens is 1. The monoisotopic (exact) mass is 438 g/mol. The molecule has 1 aromatic carbocycles. The minimum absolute atomic E-state index is 0.0240. The molecular formula is C17H23N6O6P. The first-order valence-corrected chi connectivity index (χ1v) is 10.6. The van der Waals surface area contributed by atoms with Crippen LogP contribution in [0.1, 0.15) is 12.5 Å². The molecule has 13 heteroatoms. The van der Waals surface area contributed by atoms with Gasteiger partial charge in [0, 0.05) is 7.11 Å². The van der Waals surface area contributed by atoms with E-state index in [0.29, 0.717) is 17.7 Å².